The van der Waals surface area contributed by atoms with E-state index in [2.05, 4.69) is 9.72 Å². The molecule has 2 rings (SSSR count). The molecule has 0 aliphatic heterocycles. The molecule has 5 heteroatoms. The van der Waals surface area contributed by atoms with Crippen LogP contribution in [-0.2, 0) is 16.0 Å². The van der Waals surface area contributed by atoms with Crippen molar-refractivity contribution in [3.8, 4) is 0 Å². The summed E-state index contributed by atoms with van der Waals surface area (Å²) in [5.74, 6) is -0.791. The number of ether oxygens (including phenoxy) is 1. The standard InChI is InChI=1S/C12H13FN2O2/c1-17-12(16)10(14)4-7-6-15-11-3-2-8(13)5-9(7)11/h2-3,5-6,10,15H,4,14H2,1H3/t10-/m1/s1. The van der Waals surface area contributed by atoms with Gasteiger partial charge in [0, 0.05) is 23.5 Å². The van der Waals surface area contributed by atoms with Crippen molar-refractivity contribution < 1.29 is 13.9 Å². The number of hydrogen-bond donors (Lipinski definition) is 2. The van der Waals surface area contributed by atoms with Crippen molar-refractivity contribution in [1.29, 1.82) is 0 Å². The van der Waals surface area contributed by atoms with Crippen LogP contribution >= 0.6 is 0 Å². The van der Waals surface area contributed by atoms with Gasteiger partial charge in [-0.25, -0.2) is 4.39 Å². The summed E-state index contributed by atoms with van der Waals surface area (Å²) in [7, 11) is 1.29. The van der Waals surface area contributed by atoms with Crippen LogP contribution in [0, 0.1) is 5.82 Å². The molecule has 2 aromatic rings. The van der Waals surface area contributed by atoms with Gasteiger partial charge >= 0.3 is 5.97 Å². The van der Waals surface area contributed by atoms with Gasteiger partial charge < -0.3 is 15.5 Å². The summed E-state index contributed by atoms with van der Waals surface area (Å²) < 4.78 is 17.7. The van der Waals surface area contributed by atoms with E-state index in [1.54, 1.807) is 12.3 Å². The molecular weight excluding hydrogens is 223 g/mol. The molecule has 0 saturated heterocycles. The molecule has 0 aliphatic rings. The lowest BCUT2D eigenvalue weighted by molar-refractivity contribution is -0.142. The fourth-order valence-corrected chi connectivity index (χ4v) is 1.79. The Morgan fingerprint density at radius 1 is 1.59 bits per heavy atom. The summed E-state index contributed by atoms with van der Waals surface area (Å²) in [5.41, 5.74) is 7.29. The van der Waals surface area contributed by atoms with E-state index in [9.17, 15) is 9.18 Å². The average Bonchev–Trinajstić information content (AvgIpc) is 2.71. The first kappa shape index (κ1) is 11.6. The molecule has 1 aromatic carbocycles. The highest BCUT2D eigenvalue weighted by atomic mass is 19.1. The van der Waals surface area contributed by atoms with Crippen LogP contribution in [0.5, 0.6) is 0 Å². The van der Waals surface area contributed by atoms with Gasteiger partial charge in [-0.3, -0.25) is 4.79 Å². The van der Waals surface area contributed by atoms with Gasteiger partial charge in [0.15, 0.2) is 0 Å². The maximum atomic E-state index is 13.1. The zero-order valence-electron chi connectivity index (χ0n) is 9.37. The van der Waals surface area contributed by atoms with Crippen LogP contribution in [0.4, 0.5) is 4.39 Å². The number of aromatic nitrogens is 1. The van der Waals surface area contributed by atoms with Gasteiger partial charge in [0.1, 0.15) is 11.9 Å². The van der Waals surface area contributed by atoms with Crippen molar-refractivity contribution in [3.05, 3.63) is 35.8 Å². The van der Waals surface area contributed by atoms with Gasteiger partial charge in [0.2, 0.25) is 0 Å². The van der Waals surface area contributed by atoms with E-state index >= 15 is 0 Å². The molecule has 0 fully saturated rings. The number of nitrogens with two attached hydrogens (primary N) is 1. The minimum atomic E-state index is -0.734. The molecule has 0 saturated carbocycles. The number of halogens is 1. The monoisotopic (exact) mass is 236 g/mol. The summed E-state index contributed by atoms with van der Waals surface area (Å²) in [6.45, 7) is 0. The second-order valence-electron chi connectivity index (χ2n) is 3.84. The van der Waals surface area contributed by atoms with Gasteiger partial charge in [0.25, 0.3) is 0 Å². The quantitative estimate of drug-likeness (QED) is 0.790. The van der Waals surface area contributed by atoms with Crippen molar-refractivity contribution in [1.82, 2.24) is 4.98 Å². The Morgan fingerprint density at radius 3 is 3.06 bits per heavy atom. The van der Waals surface area contributed by atoms with Crippen molar-refractivity contribution in [2.75, 3.05) is 7.11 Å². The summed E-state index contributed by atoms with van der Waals surface area (Å²) in [6, 6.07) is 3.72. The van der Waals surface area contributed by atoms with Crippen molar-refractivity contribution >= 4 is 16.9 Å². The van der Waals surface area contributed by atoms with Crippen LogP contribution in [0.2, 0.25) is 0 Å². The molecular formula is C12H13FN2O2. The van der Waals surface area contributed by atoms with Gasteiger partial charge in [-0.15, -0.1) is 0 Å². The molecule has 0 radical (unpaired) electrons. The molecule has 3 N–H and O–H groups in total. The zero-order chi connectivity index (χ0) is 12.4. The molecule has 0 spiro atoms. The number of rotatable bonds is 3. The number of esters is 1. The SMILES string of the molecule is COC(=O)[C@H](N)Cc1c[nH]c2ccc(F)cc12. The Balaban J connectivity index is 2.30. The Kier molecular flexibility index (Phi) is 3.10. The number of carbonyl (C=O) groups excluding carboxylic acids is 1. The molecule has 4 nitrogen and oxygen atoms in total. The number of fused-ring (bicyclic) bond motifs is 1. The number of H-pyrrole nitrogens is 1. The lowest BCUT2D eigenvalue weighted by Crippen LogP contribution is -2.33. The third-order valence-corrected chi connectivity index (χ3v) is 2.67. The fraction of sp³-hybridized carbons (Fsp3) is 0.250. The van der Waals surface area contributed by atoms with Crippen LogP contribution in [0.15, 0.2) is 24.4 Å². The van der Waals surface area contributed by atoms with Gasteiger partial charge in [-0.05, 0) is 23.8 Å². The van der Waals surface area contributed by atoms with E-state index in [0.29, 0.717) is 6.42 Å². The third kappa shape index (κ3) is 2.29. The number of carbonyl (C=O) groups is 1. The molecule has 0 aliphatic carbocycles. The summed E-state index contributed by atoms with van der Waals surface area (Å²) >= 11 is 0. The summed E-state index contributed by atoms with van der Waals surface area (Å²) in [5, 5.41) is 0.740. The second-order valence-corrected chi connectivity index (χ2v) is 3.84. The zero-order valence-corrected chi connectivity index (χ0v) is 9.37. The highest BCUT2D eigenvalue weighted by molar-refractivity contribution is 5.84. The van der Waals surface area contributed by atoms with E-state index in [1.807, 2.05) is 0 Å². The first-order chi connectivity index (χ1) is 8.11. The van der Waals surface area contributed by atoms with Crippen molar-refractivity contribution in [2.24, 2.45) is 5.73 Å². The van der Waals surface area contributed by atoms with Crippen molar-refractivity contribution in [2.45, 2.75) is 12.5 Å². The molecule has 1 atom stereocenters. The van der Waals surface area contributed by atoms with Crippen LogP contribution in [0.3, 0.4) is 0 Å². The molecule has 0 amide bonds. The van der Waals surface area contributed by atoms with E-state index in [-0.39, 0.29) is 5.82 Å². The topological polar surface area (TPSA) is 68.1 Å². The average molecular weight is 236 g/mol. The Hall–Kier alpha value is -1.88. The maximum absolute atomic E-state index is 13.1. The van der Waals surface area contributed by atoms with Crippen molar-refractivity contribution in [3.63, 3.8) is 0 Å². The highest BCUT2D eigenvalue weighted by Crippen LogP contribution is 2.20. The van der Waals surface area contributed by atoms with Gasteiger partial charge in [0.05, 0.1) is 7.11 Å². The minimum absolute atomic E-state index is 0.315. The summed E-state index contributed by atoms with van der Waals surface area (Å²) in [6.07, 6.45) is 2.04. The number of methoxy groups -OCH3 is 1. The Labute approximate surface area is 97.6 Å². The predicted octanol–water partition coefficient (Wildman–Crippen LogP) is 1.35. The molecule has 90 valence electrons. The predicted molar refractivity (Wildman–Crippen MR) is 62.0 cm³/mol. The lowest BCUT2D eigenvalue weighted by Gasteiger charge is -2.07. The first-order valence-electron chi connectivity index (χ1n) is 5.20. The molecule has 0 unspecified atom stereocenters. The third-order valence-electron chi connectivity index (χ3n) is 2.67. The number of nitrogens with one attached hydrogen (secondary N) is 1. The largest absolute Gasteiger partial charge is 0.468 e. The van der Waals surface area contributed by atoms with E-state index in [1.165, 1.54) is 19.2 Å². The number of hydrogen-bond acceptors (Lipinski definition) is 3. The van der Waals surface area contributed by atoms with Crippen LogP contribution in [0.1, 0.15) is 5.56 Å². The van der Waals surface area contributed by atoms with Gasteiger partial charge in [-0.1, -0.05) is 0 Å². The van der Waals surface area contributed by atoms with E-state index in [4.69, 9.17) is 5.73 Å². The molecule has 0 bridgehead atoms. The maximum Gasteiger partial charge on any atom is 0.322 e. The van der Waals surface area contributed by atoms with Crippen LogP contribution in [-0.4, -0.2) is 24.1 Å². The van der Waals surface area contributed by atoms with E-state index in [0.717, 1.165) is 16.5 Å². The Bertz CT molecular complexity index is 550. The second kappa shape index (κ2) is 4.55. The van der Waals surface area contributed by atoms with Crippen LogP contribution in [0.25, 0.3) is 10.9 Å². The van der Waals surface area contributed by atoms with Crippen LogP contribution < -0.4 is 5.73 Å². The molecule has 1 aromatic heterocycles. The first-order valence-corrected chi connectivity index (χ1v) is 5.20. The minimum Gasteiger partial charge on any atom is -0.468 e. The molecule has 17 heavy (non-hydrogen) atoms. The molecule has 1 heterocycles. The number of aromatic amines is 1. The van der Waals surface area contributed by atoms with E-state index < -0.39 is 12.0 Å². The highest BCUT2D eigenvalue weighted by Gasteiger charge is 2.16. The smallest absolute Gasteiger partial charge is 0.322 e. The normalized spacial score (nSPS) is 12.6. The lowest BCUT2D eigenvalue weighted by atomic mass is 10.1. The summed E-state index contributed by atoms with van der Waals surface area (Å²) in [4.78, 5) is 14.2. The van der Waals surface area contributed by atoms with Gasteiger partial charge in [-0.2, -0.15) is 0 Å². The fourth-order valence-electron chi connectivity index (χ4n) is 1.79. The number of benzene rings is 1. The Morgan fingerprint density at radius 2 is 2.35 bits per heavy atom.